The number of aromatic hydroxyl groups is 1. The SMILES string of the molecule is Oc1ccccc1-c1nc2c(-c3[c-]c(-c4nccc5oc6c7ccccc7ccc6c45)cc(-c4ccccc4)c3)cccc2n1-c1ccccc1-c1ccccc1.[Pt]. The molecule has 11 aromatic rings. The van der Waals surface area contributed by atoms with Gasteiger partial charge in [-0.25, -0.2) is 4.98 Å². The second-order valence-electron chi connectivity index (χ2n) is 14.2. The molecule has 0 saturated heterocycles. The van der Waals surface area contributed by atoms with E-state index in [4.69, 9.17) is 14.4 Å². The van der Waals surface area contributed by atoms with E-state index in [0.717, 1.165) is 94.1 Å². The molecule has 3 aromatic heterocycles. The molecule has 1 N–H and O–H groups in total. The molecule has 0 saturated carbocycles. The molecule has 0 aliphatic heterocycles. The van der Waals surface area contributed by atoms with Crippen LogP contribution in [0.25, 0.3) is 105 Å². The molecule has 5 nitrogen and oxygen atoms in total. The van der Waals surface area contributed by atoms with Crippen molar-refractivity contribution in [1.82, 2.24) is 14.5 Å². The minimum absolute atomic E-state index is 0. The Labute approximate surface area is 348 Å². The first kappa shape index (κ1) is 35.3. The fraction of sp³-hybridized carbons (Fsp3) is 0. The minimum atomic E-state index is 0. The molecular formula is C52H32N3O2Pt-. The van der Waals surface area contributed by atoms with Gasteiger partial charge in [0, 0.05) is 54.7 Å². The number of fused-ring (bicyclic) bond motifs is 6. The van der Waals surface area contributed by atoms with Gasteiger partial charge in [-0.3, -0.25) is 9.55 Å². The van der Waals surface area contributed by atoms with Crippen LogP contribution in [0.1, 0.15) is 0 Å². The Morgan fingerprint density at radius 2 is 1.24 bits per heavy atom. The second kappa shape index (κ2) is 14.5. The van der Waals surface area contributed by atoms with Crippen molar-refractivity contribution in [2.45, 2.75) is 0 Å². The van der Waals surface area contributed by atoms with E-state index in [1.54, 1.807) is 6.07 Å². The van der Waals surface area contributed by atoms with Gasteiger partial charge in [0.15, 0.2) is 0 Å². The quantitative estimate of drug-likeness (QED) is 0.169. The first-order valence-electron chi connectivity index (χ1n) is 19.0. The minimum Gasteiger partial charge on any atom is -0.507 e. The number of para-hydroxylation sites is 3. The third-order valence-corrected chi connectivity index (χ3v) is 10.9. The van der Waals surface area contributed by atoms with Crippen LogP contribution in [0.15, 0.2) is 193 Å². The molecule has 0 aliphatic carbocycles. The largest absolute Gasteiger partial charge is 0.507 e. The molecule has 278 valence electrons. The normalized spacial score (nSPS) is 11.4. The summed E-state index contributed by atoms with van der Waals surface area (Å²) in [5.41, 5.74) is 12.6. The number of nitrogens with zero attached hydrogens (tertiary/aromatic N) is 3. The molecule has 0 amide bonds. The molecular weight excluding hydrogens is 894 g/mol. The number of imidazole rings is 1. The van der Waals surface area contributed by atoms with Crippen molar-refractivity contribution in [1.29, 1.82) is 0 Å². The van der Waals surface area contributed by atoms with Gasteiger partial charge in [0.2, 0.25) is 0 Å². The van der Waals surface area contributed by atoms with Crippen LogP contribution in [0.4, 0.5) is 0 Å². The average Bonchev–Trinajstić information content (AvgIpc) is 3.86. The Kier molecular flexibility index (Phi) is 8.81. The first-order chi connectivity index (χ1) is 28.2. The van der Waals surface area contributed by atoms with Crippen molar-refractivity contribution >= 4 is 43.7 Å². The fourth-order valence-corrected chi connectivity index (χ4v) is 8.23. The third-order valence-electron chi connectivity index (χ3n) is 10.9. The van der Waals surface area contributed by atoms with Gasteiger partial charge in [-0.2, -0.15) is 0 Å². The average molecular weight is 926 g/mol. The van der Waals surface area contributed by atoms with Crippen LogP contribution in [-0.2, 0) is 21.1 Å². The molecule has 8 aromatic carbocycles. The summed E-state index contributed by atoms with van der Waals surface area (Å²) >= 11 is 0. The summed E-state index contributed by atoms with van der Waals surface area (Å²) in [5.74, 6) is 0.800. The molecule has 0 atom stereocenters. The van der Waals surface area contributed by atoms with Gasteiger partial charge in [0.25, 0.3) is 0 Å². The van der Waals surface area contributed by atoms with Gasteiger partial charge in [-0.15, -0.1) is 23.8 Å². The van der Waals surface area contributed by atoms with Crippen LogP contribution >= 0.6 is 0 Å². The third kappa shape index (κ3) is 5.82. The van der Waals surface area contributed by atoms with E-state index < -0.39 is 0 Å². The first-order valence-corrected chi connectivity index (χ1v) is 19.0. The zero-order valence-electron chi connectivity index (χ0n) is 30.9. The van der Waals surface area contributed by atoms with E-state index in [2.05, 4.69) is 132 Å². The fourth-order valence-electron chi connectivity index (χ4n) is 8.23. The number of hydrogen-bond donors (Lipinski definition) is 1. The molecule has 0 unspecified atom stereocenters. The number of benzene rings is 8. The Morgan fingerprint density at radius 3 is 2.07 bits per heavy atom. The van der Waals surface area contributed by atoms with Gasteiger partial charge >= 0.3 is 0 Å². The maximum Gasteiger partial charge on any atom is 0.148 e. The monoisotopic (exact) mass is 925 g/mol. The molecule has 0 fully saturated rings. The van der Waals surface area contributed by atoms with Crippen LogP contribution in [0.5, 0.6) is 5.75 Å². The summed E-state index contributed by atoms with van der Waals surface area (Å²) in [6, 6.07) is 65.5. The number of furan rings is 1. The summed E-state index contributed by atoms with van der Waals surface area (Å²) in [5, 5.41) is 15.4. The summed E-state index contributed by atoms with van der Waals surface area (Å²) in [6.45, 7) is 0. The van der Waals surface area contributed by atoms with Crippen LogP contribution in [0.2, 0.25) is 0 Å². The Bertz CT molecular complexity index is 3320. The van der Waals surface area contributed by atoms with E-state index in [1.165, 1.54) is 0 Å². The molecule has 6 heteroatoms. The van der Waals surface area contributed by atoms with Gasteiger partial charge in [0.1, 0.15) is 22.7 Å². The molecule has 0 spiro atoms. The standard InChI is InChI=1S/C52H32N3O2.Pt/c56-46-25-12-10-21-42(46)52-54-50-40(22-13-24-45(50)55(52)44-23-11-9-19-39(44)34-16-5-2-6-17-34)37-30-36(33-14-3-1-4-15-33)31-38(32-37)49-48-43-27-26-35-18-7-8-20-41(35)51(43)57-47(48)28-29-53-49;/h1-31,56H;/q-1;. The Balaban J connectivity index is 0.00000408. The van der Waals surface area contributed by atoms with Crippen molar-refractivity contribution in [3.63, 3.8) is 0 Å². The van der Waals surface area contributed by atoms with Crippen LogP contribution in [0, 0.1) is 6.07 Å². The second-order valence-corrected chi connectivity index (χ2v) is 14.2. The number of hydrogen-bond acceptors (Lipinski definition) is 4. The van der Waals surface area contributed by atoms with E-state index >= 15 is 0 Å². The summed E-state index contributed by atoms with van der Waals surface area (Å²) < 4.78 is 8.75. The zero-order chi connectivity index (χ0) is 37.9. The zero-order valence-corrected chi connectivity index (χ0v) is 33.2. The number of phenols is 1. The molecule has 0 radical (unpaired) electrons. The van der Waals surface area contributed by atoms with Gasteiger partial charge in [-0.05, 0) is 46.8 Å². The van der Waals surface area contributed by atoms with E-state index in [-0.39, 0.29) is 26.8 Å². The maximum atomic E-state index is 11.3. The molecule has 11 rings (SSSR count). The van der Waals surface area contributed by atoms with Crippen LogP contribution < -0.4 is 0 Å². The maximum absolute atomic E-state index is 11.3. The van der Waals surface area contributed by atoms with Gasteiger partial charge < -0.3 is 9.52 Å². The van der Waals surface area contributed by atoms with Crippen molar-refractivity contribution in [2.75, 3.05) is 0 Å². The summed E-state index contributed by atoms with van der Waals surface area (Å²) in [4.78, 5) is 10.4. The summed E-state index contributed by atoms with van der Waals surface area (Å²) in [6.07, 6.45) is 1.82. The topological polar surface area (TPSA) is 64.1 Å². The van der Waals surface area contributed by atoms with Gasteiger partial charge in [-0.1, -0.05) is 156 Å². The Morgan fingerprint density at radius 1 is 0.552 bits per heavy atom. The molecule has 0 bridgehead atoms. The van der Waals surface area contributed by atoms with E-state index in [9.17, 15) is 5.11 Å². The van der Waals surface area contributed by atoms with Gasteiger partial charge in [0.05, 0.1) is 22.3 Å². The summed E-state index contributed by atoms with van der Waals surface area (Å²) in [7, 11) is 0. The van der Waals surface area contributed by atoms with Crippen LogP contribution in [0.3, 0.4) is 0 Å². The predicted molar refractivity (Wildman–Crippen MR) is 231 cm³/mol. The van der Waals surface area contributed by atoms with Crippen molar-refractivity contribution in [3.05, 3.63) is 194 Å². The smallest absolute Gasteiger partial charge is 0.148 e. The molecule has 0 aliphatic rings. The Hall–Kier alpha value is -7.07. The van der Waals surface area contributed by atoms with Crippen LogP contribution in [-0.4, -0.2) is 19.6 Å². The molecule has 3 heterocycles. The van der Waals surface area contributed by atoms with E-state index in [1.807, 2.05) is 60.8 Å². The van der Waals surface area contributed by atoms with E-state index in [0.29, 0.717) is 11.4 Å². The predicted octanol–water partition coefficient (Wildman–Crippen LogP) is 13.3. The number of pyridine rings is 1. The van der Waals surface area contributed by atoms with Crippen molar-refractivity contribution in [3.8, 4) is 67.5 Å². The van der Waals surface area contributed by atoms with Crippen molar-refractivity contribution < 1.29 is 30.6 Å². The number of aromatic nitrogens is 3. The molecule has 58 heavy (non-hydrogen) atoms. The number of phenolic OH excluding ortho intramolecular Hbond substituents is 1. The number of rotatable bonds is 6. The van der Waals surface area contributed by atoms with Crippen molar-refractivity contribution in [2.24, 2.45) is 0 Å².